The molecule has 0 N–H and O–H groups in total. The molecule has 2 unspecified atom stereocenters. The van der Waals surface area contributed by atoms with Gasteiger partial charge in [-0.2, -0.15) is 0 Å². The van der Waals surface area contributed by atoms with E-state index in [4.69, 9.17) is 18.5 Å². The summed E-state index contributed by atoms with van der Waals surface area (Å²) in [6.07, 6.45) is 98.0. The molecule has 0 heterocycles. The minimum Gasteiger partial charge on any atom is -0.756 e. The third kappa shape index (κ3) is 74.0. The summed E-state index contributed by atoms with van der Waals surface area (Å²) in [5.74, 6) is -0.819. The van der Waals surface area contributed by atoms with Crippen molar-refractivity contribution in [2.75, 3.05) is 47.5 Å². The SMILES string of the molecule is CC/C=C\C/C=C\C/C=C\C/C=C\C/C=C\C/C=C\C/C=C\CCCCCCCCCCCCCCCCCCCCCC(=O)OC(COC(=O)CCCCCCCCCCCCCCC/C=C\CCCCCCCCCC)COP(=O)([O-])OCC[N+](C)(C)C. The zero-order valence-corrected chi connectivity index (χ0v) is 60.5. The van der Waals surface area contributed by atoms with E-state index in [-0.39, 0.29) is 32.0 Å². The second-order valence-electron chi connectivity index (χ2n) is 26.6. The van der Waals surface area contributed by atoms with Gasteiger partial charge < -0.3 is 27.9 Å². The maximum absolute atomic E-state index is 12.9. The quantitative estimate of drug-likeness (QED) is 0.0195. The molecule has 0 amide bonds. The summed E-state index contributed by atoms with van der Waals surface area (Å²) in [4.78, 5) is 38.1. The average Bonchev–Trinajstić information content (AvgIpc) is 3.62. The van der Waals surface area contributed by atoms with Gasteiger partial charge in [-0.25, -0.2) is 0 Å². The number of nitrogens with zero attached hydrogens (tertiary/aromatic N) is 1. The van der Waals surface area contributed by atoms with E-state index in [2.05, 4.69) is 111 Å². The fraction of sp³-hybridized carbons (Fsp3) is 0.775. The first kappa shape index (κ1) is 86.9. The first-order chi connectivity index (χ1) is 44.0. The van der Waals surface area contributed by atoms with Gasteiger partial charge in [0.1, 0.15) is 19.8 Å². The van der Waals surface area contributed by atoms with Gasteiger partial charge in [-0.3, -0.25) is 14.2 Å². The maximum Gasteiger partial charge on any atom is 0.306 e. The number of esters is 2. The molecule has 0 bridgehead atoms. The normalized spacial score (nSPS) is 13.6. The summed E-state index contributed by atoms with van der Waals surface area (Å²) in [6.45, 7) is 4.17. The highest BCUT2D eigenvalue weighted by Crippen LogP contribution is 2.38. The van der Waals surface area contributed by atoms with Crippen LogP contribution in [-0.4, -0.2) is 70.0 Å². The molecule has 0 saturated carbocycles. The minimum atomic E-state index is -4.64. The Morgan fingerprint density at radius 2 is 0.633 bits per heavy atom. The van der Waals surface area contributed by atoms with E-state index in [9.17, 15) is 19.0 Å². The van der Waals surface area contributed by atoms with Crippen molar-refractivity contribution < 1.29 is 42.1 Å². The lowest BCUT2D eigenvalue weighted by atomic mass is 10.0. The van der Waals surface area contributed by atoms with Crippen LogP contribution in [0.4, 0.5) is 0 Å². The van der Waals surface area contributed by atoms with Gasteiger partial charge in [0, 0.05) is 12.8 Å². The maximum atomic E-state index is 12.9. The van der Waals surface area contributed by atoms with Crippen LogP contribution in [0.3, 0.4) is 0 Å². The monoisotopic (exact) mass is 1280 g/mol. The Labute approximate surface area is 557 Å². The van der Waals surface area contributed by atoms with Gasteiger partial charge >= 0.3 is 11.9 Å². The predicted octanol–water partition coefficient (Wildman–Crippen LogP) is 24.4. The van der Waals surface area contributed by atoms with Crippen molar-refractivity contribution in [1.82, 2.24) is 0 Å². The Morgan fingerprint density at radius 1 is 0.356 bits per heavy atom. The molecule has 0 radical (unpaired) electrons. The van der Waals surface area contributed by atoms with Crippen molar-refractivity contribution >= 4 is 19.8 Å². The highest BCUT2D eigenvalue weighted by molar-refractivity contribution is 7.45. The Hall–Kier alpha value is -3.07. The third-order valence-corrected chi connectivity index (χ3v) is 17.6. The lowest BCUT2D eigenvalue weighted by Crippen LogP contribution is -2.37. The van der Waals surface area contributed by atoms with Crippen molar-refractivity contribution in [2.45, 2.75) is 354 Å². The smallest absolute Gasteiger partial charge is 0.306 e. The summed E-state index contributed by atoms with van der Waals surface area (Å²) in [5, 5.41) is 0. The number of carbonyl (C=O) groups is 2. The zero-order chi connectivity index (χ0) is 65.5. The van der Waals surface area contributed by atoms with Crippen LogP contribution in [0, 0.1) is 0 Å². The molecule has 0 fully saturated rings. The number of quaternary nitrogens is 1. The topological polar surface area (TPSA) is 111 Å². The van der Waals surface area contributed by atoms with E-state index < -0.39 is 26.5 Å². The fourth-order valence-electron chi connectivity index (χ4n) is 10.8. The number of phosphoric ester groups is 1. The van der Waals surface area contributed by atoms with E-state index in [1.807, 2.05) is 21.1 Å². The molecule has 90 heavy (non-hydrogen) atoms. The van der Waals surface area contributed by atoms with Crippen molar-refractivity contribution in [1.29, 1.82) is 0 Å². The molecule has 0 aliphatic carbocycles. The van der Waals surface area contributed by atoms with Gasteiger partial charge in [0.2, 0.25) is 0 Å². The van der Waals surface area contributed by atoms with Crippen LogP contribution >= 0.6 is 7.82 Å². The lowest BCUT2D eigenvalue weighted by molar-refractivity contribution is -0.870. The van der Waals surface area contributed by atoms with E-state index in [0.29, 0.717) is 17.4 Å². The Morgan fingerprint density at radius 3 is 0.956 bits per heavy atom. The number of hydrogen-bond acceptors (Lipinski definition) is 8. The van der Waals surface area contributed by atoms with Crippen molar-refractivity contribution in [3.63, 3.8) is 0 Å². The Kier molecular flexibility index (Phi) is 67.9. The Bertz CT molecular complexity index is 1840. The molecule has 9 nitrogen and oxygen atoms in total. The molecule has 0 saturated heterocycles. The summed E-state index contributed by atoms with van der Waals surface area (Å²) in [6, 6.07) is 0. The number of unbranched alkanes of at least 4 members (excludes halogenated alkanes) is 40. The number of rotatable bonds is 70. The molecule has 0 aliphatic rings. The van der Waals surface area contributed by atoms with Crippen LogP contribution in [0.25, 0.3) is 0 Å². The third-order valence-electron chi connectivity index (χ3n) is 16.6. The van der Waals surface area contributed by atoms with Gasteiger partial charge in [-0.15, -0.1) is 0 Å². The molecule has 0 spiro atoms. The number of phosphoric acid groups is 1. The number of allylic oxidation sites excluding steroid dienone is 16. The number of hydrogen-bond donors (Lipinski definition) is 0. The molecule has 0 aromatic carbocycles. The van der Waals surface area contributed by atoms with E-state index in [0.717, 1.165) is 83.5 Å². The summed E-state index contributed by atoms with van der Waals surface area (Å²) < 4.78 is 34.4. The Balaban J connectivity index is 3.96. The molecule has 10 heteroatoms. The molecular weight excluding hydrogens is 1130 g/mol. The average molecular weight is 1280 g/mol. The highest BCUT2D eigenvalue weighted by atomic mass is 31.2. The largest absolute Gasteiger partial charge is 0.756 e. The van der Waals surface area contributed by atoms with Gasteiger partial charge in [0.05, 0.1) is 27.7 Å². The van der Waals surface area contributed by atoms with Crippen LogP contribution in [-0.2, 0) is 32.7 Å². The van der Waals surface area contributed by atoms with Crippen LogP contribution in [0.1, 0.15) is 348 Å². The van der Waals surface area contributed by atoms with Crippen LogP contribution in [0.5, 0.6) is 0 Å². The van der Waals surface area contributed by atoms with Crippen LogP contribution in [0.15, 0.2) is 97.2 Å². The van der Waals surface area contributed by atoms with Crippen LogP contribution < -0.4 is 4.89 Å². The van der Waals surface area contributed by atoms with Crippen molar-refractivity contribution in [2.24, 2.45) is 0 Å². The number of carbonyl (C=O) groups excluding carboxylic acids is 2. The predicted molar refractivity (Wildman–Crippen MR) is 388 cm³/mol. The fourth-order valence-corrected chi connectivity index (χ4v) is 11.5. The molecule has 0 rings (SSSR count). The second-order valence-corrected chi connectivity index (χ2v) is 28.0. The highest BCUT2D eigenvalue weighted by Gasteiger charge is 2.22. The molecule has 522 valence electrons. The van der Waals surface area contributed by atoms with E-state index in [1.165, 1.54) is 231 Å². The van der Waals surface area contributed by atoms with E-state index in [1.54, 1.807) is 0 Å². The van der Waals surface area contributed by atoms with Gasteiger partial charge in [0.25, 0.3) is 7.82 Å². The van der Waals surface area contributed by atoms with Gasteiger partial charge in [-0.05, 0) is 96.3 Å². The first-order valence-electron chi connectivity index (χ1n) is 37.9. The molecule has 0 aromatic heterocycles. The van der Waals surface area contributed by atoms with Gasteiger partial charge in [-0.1, -0.05) is 336 Å². The molecular formula is C80H144NO8P. The van der Waals surface area contributed by atoms with Crippen molar-refractivity contribution in [3.05, 3.63) is 97.2 Å². The standard InChI is InChI=1S/C80H144NO8P/c1-6-8-10-12-14-16-18-20-22-24-26-28-30-32-33-34-35-36-37-38-39-40-41-42-43-44-45-46-47-49-51-53-55-57-59-61-63-65-67-69-71-73-80(83)89-78(77-88-90(84,85)87-75-74-81(3,4)5)76-86-79(82)72-70-68-66-64-62-60-58-56-54-52-50-48-31-29-27-25-23-21-19-17-15-13-11-9-7-2/h8,10,14,16,20,22,25-28,32-33,35-36,38-39,78H,6-7,9,11-13,15,17-19,21,23-24,29-31,34,37,40-77H2,1-5H3/b10-8-,16-14-,22-20-,27-25-,28-26-,33-32-,36-35-,39-38-. The first-order valence-corrected chi connectivity index (χ1v) is 39.4. The molecule has 0 aromatic rings. The van der Waals surface area contributed by atoms with Crippen molar-refractivity contribution in [3.8, 4) is 0 Å². The molecule has 2 atom stereocenters. The summed E-state index contributed by atoms with van der Waals surface area (Å²) >= 11 is 0. The molecule has 0 aliphatic heterocycles. The summed E-state index contributed by atoms with van der Waals surface area (Å²) in [7, 11) is 1.18. The lowest BCUT2D eigenvalue weighted by Gasteiger charge is -2.28. The minimum absolute atomic E-state index is 0.0310. The van der Waals surface area contributed by atoms with Crippen LogP contribution in [0.2, 0.25) is 0 Å². The zero-order valence-electron chi connectivity index (χ0n) is 59.6. The summed E-state index contributed by atoms with van der Waals surface area (Å²) in [5.41, 5.74) is 0. The number of ether oxygens (including phenoxy) is 2. The van der Waals surface area contributed by atoms with Gasteiger partial charge in [0.15, 0.2) is 6.10 Å². The number of likely N-dealkylation sites (N-methyl/N-ethyl adjacent to an activating group) is 1. The second kappa shape index (κ2) is 70.3. The van der Waals surface area contributed by atoms with E-state index >= 15 is 0 Å².